The number of fused-ring (bicyclic) bond motifs is 1. The fourth-order valence-corrected chi connectivity index (χ4v) is 3.78. The molecular formula is C16H23NO. The number of aryl methyl sites for hydroxylation is 1. The Morgan fingerprint density at radius 1 is 1.28 bits per heavy atom. The highest BCUT2D eigenvalue weighted by Gasteiger charge is 2.31. The van der Waals surface area contributed by atoms with Crippen molar-refractivity contribution in [1.29, 1.82) is 0 Å². The number of rotatable bonds is 2. The number of benzene rings is 1. The van der Waals surface area contributed by atoms with Crippen molar-refractivity contribution < 1.29 is 4.74 Å². The van der Waals surface area contributed by atoms with E-state index in [1.165, 1.54) is 44.3 Å². The van der Waals surface area contributed by atoms with E-state index >= 15 is 0 Å². The second-order valence-electron chi connectivity index (χ2n) is 5.87. The molecule has 1 aliphatic heterocycles. The molecule has 0 saturated carbocycles. The fraction of sp³-hybridized carbons (Fsp3) is 0.625. The Balaban J connectivity index is 1.81. The summed E-state index contributed by atoms with van der Waals surface area (Å²) in [7, 11) is 4.01. The highest BCUT2D eigenvalue weighted by atomic mass is 16.5. The number of ether oxygens (including phenoxy) is 1. The largest absolute Gasteiger partial charge is 0.497 e. The summed E-state index contributed by atoms with van der Waals surface area (Å²) in [5.41, 5.74) is 3.11. The predicted octanol–water partition coefficient (Wildman–Crippen LogP) is 3.07. The minimum Gasteiger partial charge on any atom is -0.497 e. The van der Waals surface area contributed by atoms with E-state index in [9.17, 15) is 0 Å². The van der Waals surface area contributed by atoms with Gasteiger partial charge in [-0.05, 0) is 74.4 Å². The summed E-state index contributed by atoms with van der Waals surface area (Å²) in [5.74, 6) is 2.65. The Bertz CT molecular complexity index is 429. The van der Waals surface area contributed by atoms with E-state index in [0.29, 0.717) is 0 Å². The molecule has 98 valence electrons. The number of hydrogen-bond acceptors (Lipinski definition) is 2. The minimum atomic E-state index is 0.786. The van der Waals surface area contributed by atoms with Gasteiger partial charge in [-0.1, -0.05) is 6.07 Å². The number of piperidine rings is 1. The lowest BCUT2D eigenvalue weighted by Gasteiger charge is -2.34. The monoisotopic (exact) mass is 245 g/mol. The summed E-state index contributed by atoms with van der Waals surface area (Å²) in [6.45, 7) is 2.55. The third-order valence-corrected chi connectivity index (χ3v) is 4.70. The smallest absolute Gasteiger partial charge is 0.119 e. The molecule has 1 aromatic rings. The predicted molar refractivity (Wildman–Crippen MR) is 74.3 cm³/mol. The van der Waals surface area contributed by atoms with Crippen molar-refractivity contribution in [3.05, 3.63) is 29.3 Å². The van der Waals surface area contributed by atoms with Gasteiger partial charge in [0, 0.05) is 6.54 Å². The first-order valence-electron chi connectivity index (χ1n) is 7.13. The maximum Gasteiger partial charge on any atom is 0.119 e. The zero-order chi connectivity index (χ0) is 12.5. The van der Waals surface area contributed by atoms with E-state index in [1.807, 2.05) is 0 Å². The Morgan fingerprint density at radius 3 is 2.94 bits per heavy atom. The average Bonchev–Trinajstić information content (AvgIpc) is 2.81. The normalized spacial score (nSPS) is 28.1. The zero-order valence-corrected chi connectivity index (χ0v) is 11.5. The molecule has 2 unspecified atom stereocenters. The van der Waals surface area contributed by atoms with E-state index in [-0.39, 0.29) is 0 Å². The van der Waals surface area contributed by atoms with Crippen LogP contribution in [0.25, 0.3) is 0 Å². The lowest BCUT2D eigenvalue weighted by molar-refractivity contribution is 0.186. The molecule has 2 nitrogen and oxygen atoms in total. The van der Waals surface area contributed by atoms with Gasteiger partial charge in [-0.3, -0.25) is 0 Å². The summed E-state index contributed by atoms with van der Waals surface area (Å²) in [6, 6.07) is 6.67. The molecule has 1 saturated heterocycles. The Labute approximate surface area is 110 Å². The first-order valence-corrected chi connectivity index (χ1v) is 7.13. The molecule has 18 heavy (non-hydrogen) atoms. The molecule has 1 heterocycles. The Morgan fingerprint density at radius 2 is 2.17 bits per heavy atom. The van der Waals surface area contributed by atoms with Gasteiger partial charge in [0.15, 0.2) is 0 Å². The molecule has 2 atom stereocenters. The van der Waals surface area contributed by atoms with Crippen LogP contribution in [-0.2, 0) is 6.42 Å². The summed E-state index contributed by atoms with van der Waals surface area (Å²) in [6.07, 6.45) is 5.34. The van der Waals surface area contributed by atoms with Gasteiger partial charge < -0.3 is 9.64 Å². The van der Waals surface area contributed by atoms with Gasteiger partial charge in [0.2, 0.25) is 0 Å². The van der Waals surface area contributed by atoms with Crippen molar-refractivity contribution in [1.82, 2.24) is 4.90 Å². The second kappa shape index (κ2) is 4.93. The topological polar surface area (TPSA) is 12.5 Å². The average molecular weight is 245 g/mol. The quantitative estimate of drug-likeness (QED) is 0.794. The molecule has 1 aliphatic carbocycles. The van der Waals surface area contributed by atoms with Crippen molar-refractivity contribution in [2.24, 2.45) is 5.92 Å². The van der Waals surface area contributed by atoms with Gasteiger partial charge in [-0.15, -0.1) is 0 Å². The van der Waals surface area contributed by atoms with Gasteiger partial charge in [0.05, 0.1) is 7.11 Å². The fourth-order valence-electron chi connectivity index (χ4n) is 3.78. The molecule has 1 fully saturated rings. The standard InChI is InChI=1S/C16H23NO/c1-17-9-3-4-13(11-17)16-7-5-12-10-14(18-2)6-8-15(12)16/h6,8,10,13,16H,3-5,7,9,11H2,1-2H3. The van der Waals surface area contributed by atoms with Crippen LogP contribution in [0.1, 0.15) is 36.3 Å². The summed E-state index contributed by atoms with van der Waals surface area (Å²) in [5, 5.41) is 0. The van der Waals surface area contributed by atoms with E-state index in [1.54, 1.807) is 12.7 Å². The molecule has 2 aliphatic rings. The lowest BCUT2D eigenvalue weighted by Crippen LogP contribution is -2.34. The molecule has 0 radical (unpaired) electrons. The molecule has 0 bridgehead atoms. The van der Waals surface area contributed by atoms with E-state index < -0.39 is 0 Å². The summed E-state index contributed by atoms with van der Waals surface area (Å²) >= 11 is 0. The number of methoxy groups -OCH3 is 1. The van der Waals surface area contributed by atoms with Gasteiger partial charge in [0.25, 0.3) is 0 Å². The van der Waals surface area contributed by atoms with Crippen LogP contribution in [0.2, 0.25) is 0 Å². The van der Waals surface area contributed by atoms with Crippen LogP contribution in [-0.4, -0.2) is 32.1 Å². The van der Waals surface area contributed by atoms with Crippen molar-refractivity contribution in [2.75, 3.05) is 27.2 Å². The lowest BCUT2D eigenvalue weighted by atomic mass is 9.82. The van der Waals surface area contributed by atoms with E-state index in [4.69, 9.17) is 4.74 Å². The van der Waals surface area contributed by atoms with Crippen molar-refractivity contribution in [2.45, 2.75) is 31.6 Å². The van der Waals surface area contributed by atoms with Gasteiger partial charge in [0.1, 0.15) is 5.75 Å². The maximum atomic E-state index is 5.33. The number of likely N-dealkylation sites (tertiary alicyclic amines) is 1. The van der Waals surface area contributed by atoms with Gasteiger partial charge in [-0.2, -0.15) is 0 Å². The van der Waals surface area contributed by atoms with Crippen molar-refractivity contribution >= 4 is 0 Å². The third-order valence-electron chi connectivity index (χ3n) is 4.70. The molecule has 0 N–H and O–H groups in total. The first kappa shape index (κ1) is 12.0. The minimum absolute atomic E-state index is 0.786. The van der Waals surface area contributed by atoms with Crippen LogP contribution in [0.15, 0.2) is 18.2 Å². The van der Waals surface area contributed by atoms with Crippen LogP contribution in [0.5, 0.6) is 5.75 Å². The zero-order valence-electron chi connectivity index (χ0n) is 11.5. The Hall–Kier alpha value is -1.02. The van der Waals surface area contributed by atoms with Crippen molar-refractivity contribution in [3.8, 4) is 5.75 Å². The molecule has 1 aromatic carbocycles. The SMILES string of the molecule is COc1ccc2c(c1)CCC2C1CCCN(C)C1. The number of hydrogen-bond donors (Lipinski definition) is 0. The van der Waals surface area contributed by atoms with E-state index in [0.717, 1.165) is 17.6 Å². The highest BCUT2D eigenvalue weighted by Crippen LogP contribution is 2.42. The molecule has 0 amide bonds. The molecule has 0 spiro atoms. The Kier molecular flexibility index (Phi) is 3.29. The second-order valence-corrected chi connectivity index (χ2v) is 5.87. The number of nitrogens with zero attached hydrogens (tertiary/aromatic N) is 1. The van der Waals surface area contributed by atoms with Crippen LogP contribution >= 0.6 is 0 Å². The van der Waals surface area contributed by atoms with Gasteiger partial charge >= 0.3 is 0 Å². The molecule has 0 aromatic heterocycles. The van der Waals surface area contributed by atoms with Crippen LogP contribution in [0.4, 0.5) is 0 Å². The highest BCUT2D eigenvalue weighted by molar-refractivity contribution is 5.41. The van der Waals surface area contributed by atoms with E-state index in [2.05, 4.69) is 30.1 Å². The maximum absolute atomic E-state index is 5.33. The molecular weight excluding hydrogens is 222 g/mol. The third kappa shape index (κ3) is 2.14. The van der Waals surface area contributed by atoms with Crippen molar-refractivity contribution in [3.63, 3.8) is 0 Å². The first-order chi connectivity index (χ1) is 8.78. The van der Waals surface area contributed by atoms with Crippen LogP contribution in [0, 0.1) is 5.92 Å². The summed E-state index contributed by atoms with van der Waals surface area (Å²) < 4.78 is 5.33. The van der Waals surface area contributed by atoms with Crippen LogP contribution < -0.4 is 4.74 Å². The molecule has 2 heteroatoms. The summed E-state index contributed by atoms with van der Waals surface area (Å²) in [4.78, 5) is 2.50. The molecule has 3 rings (SSSR count). The van der Waals surface area contributed by atoms with Gasteiger partial charge in [-0.25, -0.2) is 0 Å². The van der Waals surface area contributed by atoms with Crippen LogP contribution in [0.3, 0.4) is 0 Å².